The van der Waals surface area contributed by atoms with Gasteiger partial charge in [0.15, 0.2) is 0 Å². The van der Waals surface area contributed by atoms with E-state index >= 15 is 0 Å². The molecular formula is C18H17N5O2S. The highest BCUT2D eigenvalue weighted by atomic mass is 32.1. The lowest BCUT2D eigenvalue weighted by molar-refractivity contribution is 0.0535. The smallest absolute Gasteiger partial charge is 0.272 e. The molecule has 4 rings (SSSR count). The van der Waals surface area contributed by atoms with Crippen LogP contribution in [-0.4, -0.2) is 63.0 Å². The minimum atomic E-state index is -0.108. The van der Waals surface area contributed by atoms with Crippen LogP contribution in [0.15, 0.2) is 48.0 Å². The number of rotatable bonds is 3. The maximum Gasteiger partial charge on any atom is 0.272 e. The fraction of sp³-hybridized carbons (Fsp3) is 0.222. The molecular weight excluding hydrogens is 350 g/mol. The fourth-order valence-corrected chi connectivity index (χ4v) is 3.61. The number of H-pyrrole nitrogens is 1. The minimum Gasteiger partial charge on any atom is -0.334 e. The van der Waals surface area contributed by atoms with Crippen molar-refractivity contribution in [3.63, 3.8) is 0 Å². The highest BCUT2D eigenvalue weighted by molar-refractivity contribution is 7.12. The molecule has 3 aromatic rings. The molecule has 0 spiro atoms. The molecule has 1 saturated heterocycles. The van der Waals surface area contributed by atoms with Crippen molar-refractivity contribution in [2.45, 2.75) is 0 Å². The van der Waals surface area contributed by atoms with Crippen LogP contribution in [0.25, 0.3) is 11.4 Å². The van der Waals surface area contributed by atoms with Crippen molar-refractivity contribution in [3.05, 3.63) is 58.5 Å². The molecule has 3 aromatic heterocycles. The zero-order valence-electron chi connectivity index (χ0n) is 14.0. The Morgan fingerprint density at radius 1 is 0.962 bits per heavy atom. The second-order valence-corrected chi connectivity index (χ2v) is 6.89. The molecule has 7 nitrogen and oxygen atoms in total. The van der Waals surface area contributed by atoms with Gasteiger partial charge in [-0.2, -0.15) is 5.10 Å². The van der Waals surface area contributed by atoms with Gasteiger partial charge in [-0.05, 0) is 29.6 Å². The Balaban J connectivity index is 1.40. The van der Waals surface area contributed by atoms with Gasteiger partial charge in [-0.3, -0.25) is 19.7 Å². The van der Waals surface area contributed by atoms with Gasteiger partial charge in [0.05, 0.1) is 10.6 Å². The van der Waals surface area contributed by atoms with E-state index in [9.17, 15) is 9.59 Å². The maximum absolute atomic E-state index is 12.7. The van der Waals surface area contributed by atoms with E-state index < -0.39 is 0 Å². The molecule has 8 heteroatoms. The number of hydrogen-bond donors (Lipinski definition) is 1. The van der Waals surface area contributed by atoms with E-state index in [0.717, 1.165) is 4.88 Å². The van der Waals surface area contributed by atoms with Gasteiger partial charge in [0.25, 0.3) is 11.8 Å². The third-order valence-corrected chi connectivity index (χ3v) is 5.18. The summed E-state index contributed by atoms with van der Waals surface area (Å²) in [6.07, 6.45) is 1.69. The lowest BCUT2D eigenvalue weighted by Crippen LogP contribution is -2.50. The van der Waals surface area contributed by atoms with E-state index in [1.807, 2.05) is 35.7 Å². The van der Waals surface area contributed by atoms with Gasteiger partial charge < -0.3 is 9.80 Å². The molecule has 0 atom stereocenters. The first kappa shape index (κ1) is 16.5. The van der Waals surface area contributed by atoms with Crippen LogP contribution >= 0.6 is 11.3 Å². The number of aromatic nitrogens is 3. The molecule has 0 radical (unpaired) electrons. The summed E-state index contributed by atoms with van der Waals surface area (Å²) in [5.74, 6) is -0.0750. The quantitative estimate of drug-likeness (QED) is 0.769. The van der Waals surface area contributed by atoms with Crippen LogP contribution in [0.1, 0.15) is 20.2 Å². The van der Waals surface area contributed by atoms with Crippen LogP contribution in [0.4, 0.5) is 0 Å². The summed E-state index contributed by atoms with van der Waals surface area (Å²) in [4.78, 5) is 33.6. The highest BCUT2D eigenvalue weighted by Crippen LogP contribution is 2.17. The van der Waals surface area contributed by atoms with Crippen LogP contribution in [0.5, 0.6) is 0 Å². The fourth-order valence-electron chi connectivity index (χ4n) is 2.92. The normalized spacial score (nSPS) is 14.5. The third kappa shape index (κ3) is 3.23. The number of nitrogens with zero attached hydrogens (tertiary/aromatic N) is 4. The molecule has 26 heavy (non-hydrogen) atoms. The van der Waals surface area contributed by atoms with E-state index in [2.05, 4.69) is 15.2 Å². The zero-order valence-corrected chi connectivity index (χ0v) is 14.8. The molecule has 1 fully saturated rings. The molecule has 0 unspecified atom stereocenters. The van der Waals surface area contributed by atoms with Gasteiger partial charge in [0.2, 0.25) is 0 Å². The lowest BCUT2D eigenvalue weighted by atomic mass is 10.2. The largest absolute Gasteiger partial charge is 0.334 e. The number of hydrogen-bond acceptors (Lipinski definition) is 5. The Morgan fingerprint density at radius 2 is 1.73 bits per heavy atom. The Hall–Kier alpha value is -3.00. The van der Waals surface area contributed by atoms with Crippen molar-refractivity contribution in [1.82, 2.24) is 25.0 Å². The summed E-state index contributed by atoms with van der Waals surface area (Å²) in [5, 5.41) is 8.87. The molecule has 2 amide bonds. The number of piperazine rings is 1. The second-order valence-electron chi connectivity index (χ2n) is 5.94. The Kier molecular flexibility index (Phi) is 4.49. The Labute approximate surface area is 154 Å². The number of aromatic amines is 1. The first-order valence-electron chi connectivity index (χ1n) is 8.31. The summed E-state index contributed by atoms with van der Waals surface area (Å²) >= 11 is 1.44. The number of pyridine rings is 1. The maximum atomic E-state index is 12.7. The van der Waals surface area contributed by atoms with Crippen LogP contribution in [-0.2, 0) is 0 Å². The molecule has 1 aliphatic rings. The third-order valence-electron chi connectivity index (χ3n) is 4.32. The van der Waals surface area contributed by atoms with Crippen molar-refractivity contribution in [3.8, 4) is 11.4 Å². The number of nitrogens with one attached hydrogen (secondary N) is 1. The molecule has 4 heterocycles. The zero-order chi connectivity index (χ0) is 17.9. The van der Waals surface area contributed by atoms with Crippen LogP contribution < -0.4 is 0 Å². The van der Waals surface area contributed by atoms with Gasteiger partial charge in [0.1, 0.15) is 11.4 Å². The molecule has 0 bridgehead atoms. The molecule has 1 N–H and O–H groups in total. The number of thiophene rings is 1. The predicted molar refractivity (Wildman–Crippen MR) is 97.9 cm³/mol. The average molecular weight is 367 g/mol. The van der Waals surface area contributed by atoms with Gasteiger partial charge >= 0.3 is 0 Å². The van der Waals surface area contributed by atoms with Gasteiger partial charge in [-0.15, -0.1) is 11.3 Å². The van der Waals surface area contributed by atoms with Crippen LogP contribution in [0, 0.1) is 0 Å². The molecule has 132 valence electrons. The minimum absolute atomic E-state index is 0.0334. The monoisotopic (exact) mass is 367 g/mol. The highest BCUT2D eigenvalue weighted by Gasteiger charge is 2.26. The van der Waals surface area contributed by atoms with Crippen molar-refractivity contribution >= 4 is 23.2 Å². The summed E-state index contributed by atoms with van der Waals surface area (Å²) in [6, 6.07) is 11.0. The van der Waals surface area contributed by atoms with E-state index in [1.54, 1.807) is 22.1 Å². The molecule has 0 aliphatic carbocycles. The predicted octanol–water partition coefficient (Wildman–Crippen LogP) is 2.13. The molecule has 1 aliphatic heterocycles. The van der Waals surface area contributed by atoms with E-state index in [1.165, 1.54) is 11.3 Å². The van der Waals surface area contributed by atoms with Crippen LogP contribution in [0.2, 0.25) is 0 Å². The second kappa shape index (κ2) is 7.09. The standard InChI is InChI=1S/C18H17N5O2S/c24-17(15-12-14(20-21-15)13-4-1-2-6-19-13)22-7-9-23(10-8-22)18(25)16-5-3-11-26-16/h1-6,11-12H,7-10H2,(H,20,21). The van der Waals surface area contributed by atoms with Gasteiger partial charge in [-0.25, -0.2) is 0 Å². The van der Waals surface area contributed by atoms with Crippen molar-refractivity contribution in [1.29, 1.82) is 0 Å². The van der Waals surface area contributed by atoms with E-state index in [-0.39, 0.29) is 11.8 Å². The van der Waals surface area contributed by atoms with Gasteiger partial charge in [-0.1, -0.05) is 12.1 Å². The Bertz CT molecular complexity index is 899. The van der Waals surface area contributed by atoms with Crippen molar-refractivity contribution in [2.75, 3.05) is 26.2 Å². The number of amides is 2. The van der Waals surface area contributed by atoms with Gasteiger partial charge in [0, 0.05) is 32.4 Å². The van der Waals surface area contributed by atoms with Crippen LogP contribution in [0.3, 0.4) is 0 Å². The van der Waals surface area contributed by atoms with E-state index in [0.29, 0.717) is 43.3 Å². The SMILES string of the molecule is O=C(c1cc(-c2ccccn2)n[nH]1)N1CCN(C(=O)c2cccs2)CC1. The number of carbonyl (C=O) groups excluding carboxylic acids is 2. The first-order valence-corrected chi connectivity index (χ1v) is 9.19. The van der Waals surface area contributed by atoms with E-state index in [4.69, 9.17) is 0 Å². The first-order chi connectivity index (χ1) is 12.7. The summed E-state index contributed by atoms with van der Waals surface area (Å²) < 4.78 is 0. The topological polar surface area (TPSA) is 82.2 Å². The average Bonchev–Trinajstić information content (AvgIpc) is 3.40. The van der Waals surface area contributed by atoms with Crippen molar-refractivity contribution < 1.29 is 9.59 Å². The molecule has 0 aromatic carbocycles. The van der Waals surface area contributed by atoms with Crippen molar-refractivity contribution in [2.24, 2.45) is 0 Å². The summed E-state index contributed by atoms with van der Waals surface area (Å²) in [7, 11) is 0. The molecule has 0 saturated carbocycles. The summed E-state index contributed by atoms with van der Waals surface area (Å²) in [5.41, 5.74) is 1.79. The lowest BCUT2D eigenvalue weighted by Gasteiger charge is -2.34. The Morgan fingerprint density at radius 3 is 2.38 bits per heavy atom. The number of carbonyl (C=O) groups is 2. The summed E-state index contributed by atoms with van der Waals surface area (Å²) in [6.45, 7) is 2.08.